The van der Waals surface area contributed by atoms with Crippen molar-refractivity contribution in [3.05, 3.63) is 36.1 Å². The normalized spacial score (nSPS) is 30.4. The van der Waals surface area contributed by atoms with Gasteiger partial charge in [-0.2, -0.15) is 0 Å². The van der Waals surface area contributed by atoms with Crippen molar-refractivity contribution in [3.63, 3.8) is 0 Å². The molecule has 1 aromatic heterocycles. The lowest BCUT2D eigenvalue weighted by Crippen LogP contribution is -2.55. The first-order valence-corrected chi connectivity index (χ1v) is 8.20. The molecular weight excluding hydrogens is 274 g/mol. The largest absolute Gasteiger partial charge is 0.464 e. The molecule has 4 rings (SSSR count). The molecule has 1 aromatic carbocycles. The van der Waals surface area contributed by atoms with Gasteiger partial charge in [0.15, 0.2) is 0 Å². The minimum Gasteiger partial charge on any atom is -0.464 e. The summed E-state index contributed by atoms with van der Waals surface area (Å²) in [5, 5.41) is 1.25. The summed E-state index contributed by atoms with van der Waals surface area (Å²) in [6.45, 7) is 9.01. The van der Waals surface area contributed by atoms with Crippen LogP contribution in [0.3, 0.4) is 0 Å². The SMILES string of the molecule is COC[C@@]12CN(Cc3coc4ccccc34)C[C@@H]1C(C)(C)C2. The van der Waals surface area contributed by atoms with Gasteiger partial charge in [0.2, 0.25) is 0 Å². The van der Waals surface area contributed by atoms with Crippen molar-refractivity contribution in [2.24, 2.45) is 16.7 Å². The molecule has 0 unspecified atom stereocenters. The van der Waals surface area contributed by atoms with Crippen LogP contribution in [-0.2, 0) is 11.3 Å². The van der Waals surface area contributed by atoms with Crippen LogP contribution in [0.2, 0.25) is 0 Å². The summed E-state index contributed by atoms with van der Waals surface area (Å²) in [6, 6.07) is 8.32. The first kappa shape index (κ1) is 14.3. The summed E-state index contributed by atoms with van der Waals surface area (Å²) < 4.78 is 11.2. The van der Waals surface area contributed by atoms with Crippen LogP contribution in [0.25, 0.3) is 11.0 Å². The molecule has 1 saturated heterocycles. The first-order valence-electron chi connectivity index (χ1n) is 8.20. The molecule has 22 heavy (non-hydrogen) atoms. The maximum absolute atomic E-state index is 5.69. The van der Waals surface area contributed by atoms with Gasteiger partial charge in [-0.3, -0.25) is 4.90 Å². The fourth-order valence-corrected chi connectivity index (χ4v) is 5.23. The van der Waals surface area contributed by atoms with Gasteiger partial charge in [0.25, 0.3) is 0 Å². The molecule has 3 heteroatoms. The number of rotatable bonds is 4. The third-order valence-electron chi connectivity index (χ3n) is 5.86. The van der Waals surface area contributed by atoms with E-state index in [0.717, 1.165) is 31.2 Å². The molecule has 1 saturated carbocycles. The van der Waals surface area contributed by atoms with Gasteiger partial charge in [-0.25, -0.2) is 0 Å². The van der Waals surface area contributed by atoms with Gasteiger partial charge in [-0.05, 0) is 23.8 Å². The second-order valence-corrected chi connectivity index (χ2v) is 7.94. The number of fused-ring (bicyclic) bond motifs is 2. The molecule has 0 bridgehead atoms. The summed E-state index contributed by atoms with van der Waals surface area (Å²) in [4.78, 5) is 2.59. The fraction of sp³-hybridized carbons (Fsp3) is 0.579. The van der Waals surface area contributed by atoms with Crippen molar-refractivity contribution < 1.29 is 9.15 Å². The average molecular weight is 299 g/mol. The third kappa shape index (κ3) is 2.03. The molecule has 0 spiro atoms. The monoisotopic (exact) mass is 299 g/mol. The second-order valence-electron chi connectivity index (χ2n) is 7.94. The predicted octanol–water partition coefficient (Wildman–Crippen LogP) is 3.93. The Morgan fingerprint density at radius 1 is 1.32 bits per heavy atom. The van der Waals surface area contributed by atoms with Crippen molar-refractivity contribution in [1.29, 1.82) is 0 Å². The Bertz CT molecular complexity index is 690. The van der Waals surface area contributed by atoms with Crippen LogP contribution in [0.1, 0.15) is 25.8 Å². The Morgan fingerprint density at radius 2 is 2.14 bits per heavy atom. The highest BCUT2D eigenvalue weighted by Crippen LogP contribution is 2.62. The Hall–Kier alpha value is -1.32. The molecule has 2 heterocycles. The average Bonchev–Trinajstić information content (AvgIpc) is 3.00. The number of hydrogen-bond donors (Lipinski definition) is 0. The number of likely N-dealkylation sites (tertiary alicyclic amines) is 1. The summed E-state index contributed by atoms with van der Waals surface area (Å²) in [5.41, 5.74) is 3.12. The molecule has 2 aromatic rings. The predicted molar refractivity (Wildman–Crippen MR) is 87.7 cm³/mol. The van der Waals surface area contributed by atoms with E-state index >= 15 is 0 Å². The van der Waals surface area contributed by atoms with Crippen molar-refractivity contribution >= 4 is 11.0 Å². The molecule has 0 radical (unpaired) electrons. The Kier molecular flexibility index (Phi) is 3.14. The summed E-state index contributed by atoms with van der Waals surface area (Å²) in [6.07, 6.45) is 3.21. The first-order chi connectivity index (χ1) is 10.5. The standard InChI is InChI=1S/C19H25NO2/c1-18(2)11-19(13-21-3)12-20(9-17(18)19)8-14-10-22-16-7-5-4-6-15(14)16/h4-7,10,17H,8-9,11-13H2,1-3H3/t17-,19-/m1/s1. The zero-order chi connectivity index (χ0) is 15.4. The topological polar surface area (TPSA) is 25.6 Å². The zero-order valence-electron chi connectivity index (χ0n) is 13.8. The van der Waals surface area contributed by atoms with Gasteiger partial charge >= 0.3 is 0 Å². The molecule has 2 fully saturated rings. The second kappa shape index (κ2) is 4.84. The molecule has 0 N–H and O–H groups in total. The van der Waals surface area contributed by atoms with Crippen LogP contribution >= 0.6 is 0 Å². The Balaban J connectivity index is 1.55. The minimum absolute atomic E-state index is 0.373. The van der Waals surface area contributed by atoms with E-state index in [-0.39, 0.29) is 0 Å². The summed E-state index contributed by atoms with van der Waals surface area (Å²) >= 11 is 0. The lowest BCUT2D eigenvalue weighted by molar-refractivity contribution is -0.107. The fourth-order valence-electron chi connectivity index (χ4n) is 5.23. The van der Waals surface area contributed by atoms with Gasteiger partial charge in [-0.1, -0.05) is 32.0 Å². The van der Waals surface area contributed by atoms with Crippen LogP contribution < -0.4 is 0 Å². The lowest BCUT2D eigenvalue weighted by atomic mass is 9.48. The third-order valence-corrected chi connectivity index (χ3v) is 5.86. The Morgan fingerprint density at radius 3 is 2.91 bits per heavy atom. The highest BCUT2D eigenvalue weighted by molar-refractivity contribution is 5.80. The van der Waals surface area contributed by atoms with Gasteiger partial charge < -0.3 is 9.15 Å². The molecule has 118 valence electrons. The summed E-state index contributed by atoms with van der Waals surface area (Å²) in [7, 11) is 1.84. The van der Waals surface area contributed by atoms with Crippen LogP contribution in [0.4, 0.5) is 0 Å². The van der Waals surface area contributed by atoms with Gasteiger partial charge in [0.05, 0.1) is 12.9 Å². The number of ether oxygens (including phenoxy) is 1. The number of hydrogen-bond acceptors (Lipinski definition) is 3. The minimum atomic E-state index is 0.373. The van der Waals surface area contributed by atoms with E-state index in [4.69, 9.17) is 9.15 Å². The maximum atomic E-state index is 5.69. The maximum Gasteiger partial charge on any atom is 0.134 e. The molecule has 3 nitrogen and oxygen atoms in total. The van der Waals surface area contributed by atoms with E-state index in [1.807, 2.05) is 25.5 Å². The van der Waals surface area contributed by atoms with Crippen molar-refractivity contribution in [1.82, 2.24) is 4.90 Å². The lowest BCUT2D eigenvalue weighted by Gasteiger charge is -2.56. The van der Waals surface area contributed by atoms with Gasteiger partial charge in [-0.15, -0.1) is 0 Å². The number of benzene rings is 1. The number of nitrogens with zero attached hydrogens (tertiary/aromatic N) is 1. The van der Waals surface area contributed by atoms with Crippen molar-refractivity contribution in [2.45, 2.75) is 26.8 Å². The van der Waals surface area contributed by atoms with E-state index in [1.54, 1.807) is 0 Å². The quantitative estimate of drug-likeness (QED) is 0.855. The number of para-hydroxylation sites is 1. The molecule has 1 aliphatic carbocycles. The van der Waals surface area contributed by atoms with Gasteiger partial charge in [0.1, 0.15) is 5.58 Å². The van der Waals surface area contributed by atoms with E-state index in [9.17, 15) is 0 Å². The highest BCUT2D eigenvalue weighted by Gasteiger charge is 2.62. The van der Waals surface area contributed by atoms with Crippen LogP contribution in [0.15, 0.2) is 34.9 Å². The smallest absolute Gasteiger partial charge is 0.134 e. The summed E-state index contributed by atoms with van der Waals surface area (Å²) in [5.74, 6) is 0.748. The molecular formula is C19H25NO2. The molecule has 2 atom stereocenters. The Labute approximate surface area is 132 Å². The van der Waals surface area contributed by atoms with E-state index in [2.05, 4.69) is 30.9 Å². The number of methoxy groups -OCH3 is 1. The van der Waals surface area contributed by atoms with Crippen molar-refractivity contribution in [3.8, 4) is 0 Å². The molecule has 1 aliphatic heterocycles. The number of furan rings is 1. The van der Waals surface area contributed by atoms with E-state index in [1.165, 1.54) is 23.9 Å². The zero-order valence-corrected chi connectivity index (χ0v) is 13.8. The van der Waals surface area contributed by atoms with Gasteiger partial charge in [0, 0.05) is 43.1 Å². The van der Waals surface area contributed by atoms with Crippen molar-refractivity contribution in [2.75, 3.05) is 26.8 Å². The molecule has 0 amide bonds. The van der Waals surface area contributed by atoms with Crippen LogP contribution in [0.5, 0.6) is 0 Å². The molecule has 2 aliphatic rings. The highest BCUT2D eigenvalue weighted by atomic mass is 16.5. The van der Waals surface area contributed by atoms with Crippen LogP contribution in [-0.4, -0.2) is 31.7 Å². The van der Waals surface area contributed by atoms with E-state index < -0.39 is 0 Å². The van der Waals surface area contributed by atoms with E-state index in [0.29, 0.717) is 10.8 Å². The van der Waals surface area contributed by atoms with Crippen LogP contribution in [0, 0.1) is 16.7 Å².